The van der Waals surface area contributed by atoms with Gasteiger partial charge >= 0.3 is 5.97 Å². The van der Waals surface area contributed by atoms with E-state index >= 15 is 0 Å². The van der Waals surface area contributed by atoms with Crippen LogP contribution in [0, 0.1) is 10.1 Å². The number of carbonyl (C=O) groups is 1. The largest absolute Gasteiger partial charge is 0.462 e. The van der Waals surface area contributed by atoms with Crippen molar-refractivity contribution in [2.24, 2.45) is 5.73 Å². The molecule has 0 aliphatic heterocycles. The van der Waals surface area contributed by atoms with E-state index in [2.05, 4.69) is 0 Å². The molecule has 1 aromatic rings. The van der Waals surface area contributed by atoms with Gasteiger partial charge in [-0.1, -0.05) is 0 Å². The third-order valence-corrected chi connectivity index (χ3v) is 2.24. The Bertz CT molecular complexity index is 487. The molecular weight excluding hydrogens is 236 g/mol. The van der Waals surface area contributed by atoms with Crippen molar-refractivity contribution in [3.8, 4) is 0 Å². The summed E-state index contributed by atoms with van der Waals surface area (Å²) in [4.78, 5) is 21.7. The first-order valence-electron chi connectivity index (χ1n) is 5.35. The SMILES string of the molecule is CCOC(=O)/C(=C(\C)N)c1ccc([N+](=O)[O-])cc1. The van der Waals surface area contributed by atoms with E-state index in [1.165, 1.54) is 24.3 Å². The van der Waals surface area contributed by atoms with Gasteiger partial charge in [0, 0.05) is 17.8 Å². The van der Waals surface area contributed by atoms with Crippen molar-refractivity contribution in [2.45, 2.75) is 13.8 Å². The lowest BCUT2D eigenvalue weighted by molar-refractivity contribution is -0.384. The molecule has 0 amide bonds. The molecule has 0 heterocycles. The van der Waals surface area contributed by atoms with Gasteiger partial charge < -0.3 is 10.5 Å². The molecule has 0 aliphatic carbocycles. The van der Waals surface area contributed by atoms with Gasteiger partial charge in [-0.25, -0.2) is 4.79 Å². The second-order valence-electron chi connectivity index (χ2n) is 3.58. The van der Waals surface area contributed by atoms with Crippen LogP contribution in [0.4, 0.5) is 5.69 Å². The highest BCUT2D eigenvalue weighted by molar-refractivity contribution is 6.17. The van der Waals surface area contributed by atoms with Gasteiger partial charge in [0.2, 0.25) is 0 Å². The number of esters is 1. The maximum Gasteiger partial charge on any atom is 0.340 e. The van der Waals surface area contributed by atoms with Crippen molar-refractivity contribution < 1.29 is 14.5 Å². The number of nitrogens with zero attached hydrogens (tertiary/aromatic N) is 1. The molecule has 0 aromatic heterocycles. The Kier molecular flexibility index (Phi) is 4.42. The van der Waals surface area contributed by atoms with E-state index in [4.69, 9.17) is 10.5 Å². The lowest BCUT2D eigenvalue weighted by atomic mass is 10.0. The number of non-ortho nitro benzene ring substituents is 1. The number of hydrogen-bond donors (Lipinski definition) is 1. The van der Waals surface area contributed by atoms with Crippen LogP contribution < -0.4 is 5.73 Å². The third kappa shape index (κ3) is 3.07. The van der Waals surface area contributed by atoms with E-state index in [-0.39, 0.29) is 17.9 Å². The summed E-state index contributed by atoms with van der Waals surface area (Å²) in [6.45, 7) is 3.51. The van der Waals surface area contributed by atoms with Crippen molar-refractivity contribution in [2.75, 3.05) is 6.61 Å². The molecule has 18 heavy (non-hydrogen) atoms. The number of ether oxygens (including phenoxy) is 1. The standard InChI is InChI=1S/C12H14N2O4/c1-3-18-12(15)11(8(2)13)9-4-6-10(7-5-9)14(16)17/h4-7H,3,13H2,1-2H3/b11-8+. The highest BCUT2D eigenvalue weighted by Crippen LogP contribution is 2.21. The Morgan fingerprint density at radius 1 is 1.39 bits per heavy atom. The number of nitrogens with two attached hydrogens (primary N) is 1. The van der Waals surface area contributed by atoms with E-state index in [0.717, 1.165) is 0 Å². The Balaban J connectivity index is 3.13. The summed E-state index contributed by atoms with van der Waals surface area (Å²) in [6, 6.07) is 5.58. The summed E-state index contributed by atoms with van der Waals surface area (Å²) in [7, 11) is 0. The second-order valence-corrected chi connectivity index (χ2v) is 3.58. The molecule has 1 aromatic carbocycles. The predicted molar refractivity (Wildman–Crippen MR) is 66.5 cm³/mol. The van der Waals surface area contributed by atoms with Gasteiger partial charge in [0.1, 0.15) is 0 Å². The molecule has 6 nitrogen and oxygen atoms in total. The minimum absolute atomic E-state index is 0.0448. The molecule has 0 aliphatic rings. The molecule has 0 atom stereocenters. The molecule has 0 fully saturated rings. The minimum atomic E-state index is -0.536. The van der Waals surface area contributed by atoms with Crippen LogP contribution in [0.15, 0.2) is 30.0 Å². The van der Waals surface area contributed by atoms with Crippen LogP contribution in [-0.4, -0.2) is 17.5 Å². The van der Waals surface area contributed by atoms with Crippen molar-refractivity contribution in [3.05, 3.63) is 45.6 Å². The summed E-state index contributed by atoms with van der Waals surface area (Å²) in [5.41, 5.74) is 6.63. The van der Waals surface area contributed by atoms with Crippen LogP contribution in [0.5, 0.6) is 0 Å². The first-order valence-corrected chi connectivity index (χ1v) is 5.35. The molecule has 0 unspecified atom stereocenters. The van der Waals surface area contributed by atoms with Gasteiger partial charge in [0.05, 0.1) is 17.1 Å². The number of carbonyl (C=O) groups excluding carboxylic acids is 1. The van der Waals surface area contributed by atoms with Crippen LogP contribution in [0.25, 0.3) is 5.57 Å². The van der Waals surface area contributed by atoms with E-state index < -0.39 is 10.9 Å². The zero-order chi connectivity index (χ0) is 13.7. The zero-order valence-corrected chi connectivity index (χ0v) is 10.2. The molecule has 1 rings (SSSR count). The Morgan fingerprint density at radius 2 is 1.94 bits per heavy atom. The fraction of sp³-hybridized carbons (Fsp3) is 0.250. The van der Waals surface area contributed by atoms with Crippen LogP contribution in [-0.2, 0) is 9.53 Å². The molecule has 2 N–H and O–H groups in total. The molecular formula is C12H14N2O4. The molecule has 6 heteroatoms. The number of nitro groups is 1. The second kappa shape index (κ2) is 5.81. The number of nitro benzene ring substituents is 1. The van der Waals surface area contributed by atoms with Gasteiger partial charge in [0.25, 0.3) is 5.69 Å². The van der Waals surface area contributed by atoms with E-state index in [1.54, 1.807) is 13.8 Å². The molecule has 0 spiro atoms. The fourth-order valence-electron chi connectivity index (χ4n) is 1.46. The first kappa shape index (κ1) is 13.7. The normalized spacial score (nSPS) is 11.7. The fourth-order valence-corrected chi connectivity index (χ4v) is 1.46. The number of allylic oxidation sites excluding steroid dienone is 1. The van der Waals surface area contributed by atoms with Crippen LogP contribution >= 0.6 is 0 Å². The van der Waals surface area contributed by atoms with Gasteiger partial charge in [-0.15, -0.1) is 0 Å². The molecule has 0 radical (unpaired) electrons. The van der Waals surface area contributed by atoms with E-state index in [1.807, 2.05) is 0 Å². The lowest BCUT2D eigenvalue weighted by Crippen LogP contribution is -2.11. The maximum absolute atomic E-state index is 11.7. The van der Waals surface area contributed by atoms with Gasteiger partial charge in [0.15, 0.2) is 0 Å². The predicted octanol–water partition coefficient (Wildman–Crippen LogP) is 1.85. The van der Waals surface area contributed by atoms with Gasteiger partial charge in [-0.05, 0) is 31.5 Å². The topological polar surface area (TPSA) is 95.5 Å². The number of rotatable bonds is 4. The van der Waals surface area contributed by atoms with Crippen molar-refractivity contribution in [3.63, 3.8) is 0 Å². The highest BCUT2D eigenvalue weighted by Gasteiger charge is 2.16. The quantitative estimate of drug-likeness (QED) is 0.381. The Labute approximate surface area is 104 Å². The summed E-state index contributed by atoms with van der Waals surface area (Å²) < 4.78 is 4.89. The molecule has 0 saturated heterocycles. The van der Waals surface area contributed by atoms with Gasteiger partial charge in [-0.3, -0.25) is 10.1 Å². The zero-order valence-electron chi connectivity index (χ0n) is 10.2. The van der Waals surface area contributed by atoms with Crippen molar-refractivity contribution in [1.82, 2.24) is 0 Å². The summed E-state index contributed by atoms with van der Waals surface area (Å²) >= 11 is 0. The van der Waals surface area contributed by atoms with E-state index in [9.17, 15) is 14.9 Å². The first-order chi connectivity index (χ1) is 8.47. The molecule has 0 saturated carbocycles. The lowest BCUT2D eigenvalue weighted by Gasteiger charge is -2.08. The monoisotopic (exact) mass is 250 g/mol. The molecule has 0 bridgehead atoms. The third-order valence-electron chi connectivity index (χ3n) is 2.24. The molecule has 96 valence electrons. The van der Waals surface area contributed by atoms with Crippen molar-refractivity contribution in [1.29, 1.82) is 0 Å². The van der Waals surface area contributed by atoms with Crippen molar-refractivity contribution >= 4 is 17.2 Å². The van der Waals surface area contributed by atoms with Gasteiger partial charge in [-0.2, -0.15) is 0 Å². The average molecular weight is 250 g/mol. The smallest absolute Gasteiger partial charge is 0.340 e. The minimum Gasteiger partial charge on any atom is -0.462 e. The Morgan fingerprint density at radius 3 is 2.33 bits per heavy atom. The van der Waals surface area contributed by atoms with E-state index in [0.29, 0.717) is 11.3 Å². The highest BCUT2D eigenvalue weighted by atomic mass is 16.6. The van der Waals surface area contributed by atoms with Crippen LogP contribution in [0.3, 0.4) is 0 Å². The number of benzene rings is 1. The van der Waals surface area contributed by atoms with Crippen LogP contribution in [0.1, 0.15) is 19.4 Å². The summed E-state index contributed by atoms with van der Waals surface area (Å²) in [5.74, 6) is -0.536. The summed E-state index contributed by atoms with van der Waals surface area (Å²) in [6.07, 6.45) is 0. The summed E-state index contributed by atoms with van der Waals surface area (Å²) in [5, 5.41) is 10.5. The number of hydrogen-bond acceptors (Lipinski definition) is 5. The average Bonchev–Trinajstić information content (AvgIpc) is 2.29. The Hall–Kier alpha value is -2.37. The maximum atomic E-state index is 11.7. The van der Waals surface area contributed by atoms with Crippen LogP contribution in [0.2, 0.25) is 0 Å².